The number of halogens is 3. The summed E-state index contributed by atoms with van der Waals surface area (Å²) in [6, 6.07) is 11.8. The maximum absolute atomic E-state index is 13.7. The number of likely N-dealkylation sites (N-methyl/N-ethyl adjacent to an activating group) is 1. The van der Waals surface area contributed by atoms with E-state index in [4.69, 9.17) is 14.2 Å². The first-order valence-corrected chi connectivity index (χ1v) is 14.7. The number of aliphatic hydroxyl groups is 1. The third-order valence-electron chi connectivity index (χ3n) is 7.82. The van der Waals surface area contributed by atoms with Crippen molar-refractivity contribution in [2.75, 3.05) is 49.5 Å². The Labute approximate surface area is 268 Å². The number of benzene rings is 3. The van der Waals surface area contributed by atoms with Crippen molar-refractivity contribution in [1.29, 1.82) is 0 Å². The van der Waals surface area contributed by atoms with Crippen LogP contribution in [0.5, 0.6) is 17.2 Å². The molecule has 2 aliphatic heterocycles. The van der Waals surface area contributed by atoms with Crippen molar-refractivity contribution in [2.24, 2.45) is 5.92 Å². The van der Waals surface area contributed by atoms with Gasteiger partial charge in [-0.25, -0.2) is 9.59 Å². The van der Waals surface area contributed by atoms with Crippen LogP contribution in [0.25, 0.3) is 0 Å². The van der Waals surface area contributed by atoms with Crippen molar-refractivity contribution in [3.63, 3.8) is 0 Å². The highest BCUT2D eigenvalue weighted by Gasteiger charge is 2.34. The van der Waals surface area contributed by atoms with E-state index in [1.54, 1.807) is 32.2 Å². The molecule has 3 atom stereocenters. The van der Waals surface area contributed by atoms with Crippen LogP contribution in [0.3, 0.4) is 0 Å². The Morgan fingerprint density at radius 2 is 1.57 bits per heavy atom. The van der Waals surface area contributed by atoms with Gasteiger partial charge >= 0.3 is 18.2 Å². The number of alkyl halides is 3. The zero-order valence-corrected chi connectivity index (χ0v) is 25.8. The molecule has 12 nitrogen and oxygen atoms in total. The van der Waals surface area contributed by atoms with Gasteiger partial charge in [-0.2, -0.15) is 13.2 Å². The summed E-state index contributed by atoms with van der Waals surface area (Å²) in [7, 11) is 1.61. The first kappa shape index (κ1) is 33.2. The van der Waals surface area contributed by atoms with Crippen LogP contribution in [-0.4, -0.2) is 78.6 Å². The number of anilines is 3. The van der Waals surface area contributed by atoms with E-state index in [0.717, 1.165) is 24.3 Å². The van der Waals surface area contributed by atoms with Crippen molar-refractivity contribution < 1.29 is 46.9 Å². The summed E-state index contributed by atoms with van der Waals surface area (Å²) in [6.45, 7) is 3.73. The Morgan fingerprint density at radius 3 is 2.26 bits per heavy atom. The van der Waals surface area contributed by atoms with Gasteiger partial charge in [0, 0.05) is 42.6 Å². The van der Waals surface area contributed by atoms with Crippen molar-refractivity contribution in [3.8, 4) is 17.2 Å². The van der Waals surface area contributed by atoms with Crippen LogP contribution in [0.1, 0.15) is 29.8 Å². The molecule has 15 heteroatoms. The fraction of sp³-hybridized carbons (Fsp3) is 0.344. The molecule has 0 aromatic heterocycles. The van der Waals surface area contributed by atoms with E-state index in [1.807, 2.05) is 6.92 Å². The first-order chi connectivity index (χ1) is 22.3. The molecule has 0 fully saturated rings. The molecule has 4 N–H and O–H groups in total. The number of hydrogen-bond acceptors (Lipinski definition) is 7. The van der Waals surface area contributed by atoms with E-state index in [-0.39, 0.29) is 55.1 Å². The highest BCUT2D eigenvalue weighted by Crippen LogP contribution is 2.35. The lowest BCUT2D eigenvalue weighted by Gasteiger charge is -2.38. The minimum atomic E-state index is -4.51. The van der Waals surface area contributed by atoms with Gasteiger partial charge < -0.3 is 45.1 Å². The molecular weight excluding hydrogens is 623 g/mol. The monoisotopic (exact) mass is 657 g/mol. The number of carbonyl (C=O) groups excluding carboxylic acids is 3. The van der Waals surface area contributed by atoms with Crippen LogP contribution in [0, 0.1) is 5.92 Å². The van der Waals surface area contributed by atoms with Crippen LogP contribution >= 0.6 is 0 Å². The molecule has 0 aliphatic carbocycles. The lowest BCUT2D eigenvalue weighted by molar-refractivity contribution is -0.137. The number of urea groups is 2. The lowest BCUT2D eigenvalue weighted by Crippen LogP contribution is -2.50. The number of rotatable bonds is 7. The summed E-state index contributed by atoms with van der Waals surface area (Å²) in [5, 5.41) is 17.8. The van der Waals surface area contributed by atoms with Crippen molar-refractivity contribution in [3.05, 3.63) is 71.8 Å². The molecule has 2 aliphatic rings. The zero-order valence-electron chi connectivity index (χ0n) is 25.8. The van der Waals surface area contributed by atoms with E-state index >= 15 is 0 Å². The molecule has 3 aromatic carbocycles. The average molecular weight is 658 g/mol. The van der Waals surface area contributed by atoms with E-state index in [1.165, 1.54) is 28.0 Å². The summed E-state index contributed by atoms with van der Waals surface area (Å²) in [4.78, 5) is 42.4. The van der Waals surface area contributed by atoms with E-state index in [9.17, 15) is 32.7 Å². The summed E-state index contributed by atoms with van der Waals surface area (Å²) < 4.78 is 55.6. The van der Waals surface area contributed by atoms with Crippen LogP contribution in [-0.2, 0) is 6.18 Å². The fourth-order valence-electron chi connectivity index (χ4n) is 5.10. The second-order valence-electron chi connectivity index (χ2n) is 11.4. The molecule has 0 spiro atoms. The largest absolute Gasteiger partial charge is 0.487 e. The van der Waals surface area contributed by atoms with Gasteiger partial charge in [0.05, 0.1) is 30.3 Å². The minimum absolute atomic E-state index is 0.104. The van der Waals surface area contributed by atoms with Gasteiger partial charge in [-0.1, -0.05) is 6.92 Å². The second kappa shape index (κ2) is 13.7. The standard InChI is InChI=1S/C32H34F3N5O7/c1-18-14-40(19(2)16-41)29(42)24-12-22(37-30(43)36-21-6-4-20(5-7-21)32(33,34)35)8-10-25(24)47-28(18)15-39(3)31(44)38-23-9-11-26-27(13-23)46-17-45-26/h4-13,18-19,28,41H,14-17H2,1-3H3,(H,38,44)(H2,36,37,43)/t18-,19-,28-/m0/s1. The molecule has 0 saturated heterocycles. The van der Waals surface area contributed by atoms with Crippen LogP contribution in [0.4, 0.5) is 39.8 Å². The number of amides is 5. The molecule has 0 saturated carbocycles. The van der Waals surface area contributed by atoms with Crippen molar-refractivity contribution in [2.45, 2.75) is 32.2 Å². The number of aliphatic hydroxyl groups excluding tert-OH is 1. The quantitative estimate of drug-likeness (QED) is 0.264. The van der Waals surface area contributed by atoms with Crippen LogP contribution < -0.4 is 30.2 Å². The van der Waals surface area contributed by atoms with Gasteiger partial charge in [-0.15, -0.1) is 0 Å². The maximum atomic E-state index is 13.7. The van der Waals surface area contributed by atoms with Crippen LogP contribution in [0.15, 0.2) is 60.7 Å². The van der Waals surface area contributed by atoms with E-state index in [0.29, 0.717) is 17.2 Å². The molecule has 250 valence electrons. The molecule has 0 unspecified atom stereocenters. The van der Waals surface area contributed by atoms with Gasteiger partial charge in [0.25, 0.3) is 5.91 Å². The maximum Gasteiger partial charge on any atom is 0.416 e. The number of carbonyl (C=O) groups is 3. The van der Waals surface area contributed by atoms with Gasteiger partial charge in [0.1, 0.15) is 11.9 Å². The Hall–Kier alpha value is -5.18. The second-order valence-corrected chi connectivity index (χ2v) is 11.4. The molecule has 5 amide bonds. The third-order valence-corrected chi connectivity index (χ3v) is 7.82. The Bertz CT molecular complexity index is 1640. The van der Waals surface area contributed by atoms with Gasteiger partial charge in [-0.3, -0.25) is 4.79 Å². The predicted molar refractivity (Wildman–Crippen MR) is 166 cm³/mol. The van der Waals surface area contributed by atoms with Gasteiger partial charge in [-0.05, 0) is 61.5 Å². The molecule has 3 aromatic rings. The molecule has 47 heavy (non-hydrogen) atoms. The minimum Gasteiger partial charge on any atom is -0.487 e. The number of ether oxygens (including phenoxy) is 3. The third kappa shape index (κ3) is 7.80. The zero-order chi connectivity index (χ0) is 33.9. The van der Waals surface area contributed by atoms with E-state index < -0.39 is 41.9 Å². The number of fused-ring (bicyclic) bond motifs is 2. The molecule has 0 bridgehead atoms. The summed E-state index contributed by atoms with van der Waals surface area (Å²) in [6.07, 6.45) is -5.09. The topological polar surface area (TPSA) is 142 Å². The normalized spacial score (nSPS) is 17.9. The summed E-state index contributed by atoms with van der Waals surface area (Å²) in [5.74, 6) is 0.607. The highest BCUT2D eigenvalue weighted by atomic mass is 19.4. The SMILES string of the molecule is C[C@H]1CN([C@@H](C)CO)C(=O)c2cc(NC(=O)Nc3ccc(C(F)(F)F)cc3)ccc2O[C@H]1CN(C)C(=O)Nc1ccc2c(c1)OCO2. The predicted octanol–water partition coefficient (Wildman–Crippen LogP) is 5.46. The average Bonchev–Trinajstić information content (AvgIpc) is 3.50. The highest BCUT2D eigenvalue weighted by molar-refractivity contribution is 6.02. The first-order valence-electron chi connectivity index (χ1n) is 14.7. The molecule has 5 rings (SSSR count). The number of hydrogen-bond donors (Lipinski definition) is 4. The lowest BCUT2D eigenvalue weighted by atomic mass is 9.99. The fourth-order valence-corrected chi connectivity index (χ4v) is 5.10. The Kier molecular flexibility index (Phi) is 9.65. The van der Waals surface area contributed by atoms with Crippen molar-refractivity contribution >= 4 is 35.0 Å². The summed E-state index contributed by atoms with van der Waals surface area (Å²) >= 11 is 0. The Morgan fingerprint density at radius 1 is 0.957 bits per heavy atom. The smallest absolute Gasteiger partial charge is 0.416 e. The molecule has 2 heterocycles. The number of nitrogens with one attached hydrogen (secondary N) is 3. The Balaban J connectivity index is 1.31. The van der Waals surface area contributed by atoms with Gasteiger partial charge in [0.15, 0.2) is 11.5 Å². The van der Waals surface area contributed by atoms with Crippen molar-refractivity contribution in [1.82, 2.24) is 9.80 Å². The molecule has 0 radical (unpaired) electrons. The van der Waals surface area contributed by atoms with Gasteiger partial charge in [0.2, 0.25) is 6.79 Å². The molecular formula is C32H34F3N5O7. The summed E-state index contributed by atoms with van der Waals surface area (Å²) in [5.41, 5.74) is 0.121. The van der Waals surface area contributed by atoms with Crippen LogP contribution in [0.2, 0.25) is 0 Å². The number of nitrogens with zero attached hydrogens (tertiary/aromatic N) is 2. The van der Waals surface area contributed by atoms with E-state index in [2.05, 4.69) is 16.0 Å².